The molecule has 2 aromatic heterocycles. The molecule has 0 spiro atoms. The lowest BCUT2D eigenvalue weighted by Crippen LogP contribution is -2.22. The van der Waals surface area contributed by atoms with Crippen LogP contribution in [-0.2, 0) is 12.3 Å². The van der Waals surface area contributed by atoms with Gasteiger partial charge >= 0.3 is 0 Å². The Hall–Kier alpha value is -2.15. The number of thiophene rings is 1. The zero-order chi connectivity index (χ0) is 21.3. The van der Waals surface area contributed by atoms with Crippen molar-refractivity contribution in [1.82, 2.24) is 9.55 Å². The molecule has 30 heavy (non-hydrogen) atoms. The van der Waals surface area contributed by atoms with Gasteiger partial charge in [0.15, 0.2) is 5.16 Å². The third-order valence-corrected chi connectivity index (χ3v) is 7.29. The fourth-order valence-corrected chi connectivity index (χ4v) is 5.56. The molecule has 0 fully saturated rings. The Kier molecular flexibility index (Phi) is 6.27. The summed E-state index contributed by atoms with van der Waals surface area (Å²) in [5, 5.41) is 1.04. The Bertz CT molecular complexity index is 1260. The average molecular weight is 459 g/mol. The minimum absolute atomic E-state index is 0.0158. The fraction of sp³-hybridized carbons (Fsp3) is 0.217. The number of aromatic nitrogens is 2. The minimum Gasteiger partial charge on any atom is -0.286 e. The summed E-state index contributed by atoms with van der Waals surface area (Å²) in [4.78, 5) is 19.0. The molecular formula is C23H20ClFN2OS2. The minimum atomic E-state index is -0.363. The number of aryl methyl sites for hydroxylation is 1. The molecule has 0 bridgehead atoms. The molecule has 4 aromatic rings. The van der Waals surface area contributed by atoms with Crippen molar-refractivity contribution in [2.45, 2.75) is 37.7 Å². The first-order valence-corrected chi connectivity index (χ1v) is 11.8. The van der Waals surface area contributed by atoms with Crippen LogP contribution in [0.25, 0.3) is 20.7 Å². The second-order valence-electron chi connectivity index (χ2n) is 7.07. The molecule has 0 saturated carbocycles. The van der Waals surface area contributed by atoms with Gasteiger partial charge in [0.05, 0.1) is 5.52 Å². The number of fused-ring (bicyclic) bond motifs is 1. The van der Waals surface area contributed by atoms with E-state index in [1.54, 1.807) is 10.6 Å². The molecule has 0 saturated heterocycles. The van der Waals surface area contributed by atoms with Gasteiger partial charge in [-0.25, -0.2) is 9.37 Å². The van der Waals surface area contributed by atoms with E-state index in [1.165, 1.54) is 40.8 Å². The Balaban J connectivity index is 1.73. The van der Waals surface area contributed by atoms with E-state index in [4.69, 9.17) is 16.6 Å². The zero-order valence-corrected chi connectivity index (χ0v) is 19.0. The van der Waals surface area contributed by atoms with Gasteiger partial charge in [-0.2, -0.15) is 0 Å². The number of hydrogen-bond donors (Lipinski definition) is 0. The Morgan fingerprint density at radius 2 is 1.93 bits per heavy atom. The summed E-state index contributed by atoms with van der Waals surface area (Å²) in [5.74, 6) is 0.147. The van der Waals surface area contributed by atoms with Crippen LogP contribution in [0, 0.1) is 12.7 Å². The molecule has 0 atom stereocenters. The van der Waals surface area contributed by atoms with Gasteiger partial charge in [0.2, 0.25) is 0 Å². The summed E-state index contributed by atoms with van der Waals surface area (Å²) >= 11 is 9.09. The van der Waals surface area contributed by atoms with Gasteiger partial charge in [0.1, 0.15) is 10.5 Å². The van der Waals surface area contributed by atoms with E-state index in [0.29, 0.717) is 32.7 Å². The summed E-state index contributed by atoms with van der Waals surface area (Å²) in [6.07, 6.45) is 0.828. The molecule has 0 N–H and O–H groups in total. The quantitative estimate of drug-likeness (QED) is 0.232. The molecule has 0 amide bonds. The highest BCUT2D eigenvalue weighted by Gasteiger charge is 2.16. The molecule has 0 radical (unpaired) electrons. The van der Waals surface area contributed by atoms with E-state index in [9.17, 15) is 9.18 Å². The van der Waals surface area contributed by atoms with E-state index in [0.717, 1.165) is 22.4 Å². The predicted molar refractivity (Wildman–Crippen MR) is 125 cm³/mol. The van der Waals surface area contributed by atoms with E-state index in [2.05, 4.69) is 31.2 Å². The molecule has 2 heterocycles. The maximum Gasteiger partial charge on any atom is 0.272 e. The molecule has 4 rings (SSSR count). The van der Waals surface area contributed by atoms with E-state index in [1.807, 2.05) is 13.0 Å². The van der Waals surface area contributed by atoms with E-state index < -0.39 is 0 Å². The Morgan fingerprint density at radius 3 is 2.63 bits per heavy atom. The monoisotopic (exact) mass is 458 g/mol. The molecular weight excluding hydrogens is 439 g/mol. The van der Waals surface area contributed by atoms with Gasteiger partial charge in [-0.15, -0.1) is 11.3 Å². The van der Waals surface area contributed by atoms with Crippen molar-refractivity contribution in [2.75, 3.05) is 0 Å². The summed E-state index contributed by atoms with van der Waals surface area (Å²) in [6, 6.07) is 14.6. The number of rotatable bonds is 6. The van der Waals surface area contributed by atoms with Gasteiger partial charge in [0, 0.05) is 22.2 Å². The van der Waals surface area contributed by atoms with Crippen LogP contribution < -0.4 is 5.56 Å². The van der Waals surface area contributed by atoms with Crippen molar-refractivity contribution in [3.63, 3.8) is 0 Å². The van der Waals surface area contributed by atoms with Crippen molar-refractivity contribution < 1.29 is 4.39 Å². The standard InChI is InChI=1S/C23H20ClFN2OS2/c1-3-10-27-22(28)21-19(12-20(30-21)15-6-4-14(2)5-7-15)26-23(27)29-13-16-8-9-17(25)11-18(16)24/h4-9,11-12H,3,10,13H2,1-2H3. The van der Waals surface area contributed by atoms with Crippen LogP contribution in [0.5, 0.6) is 0 Å². The molecule has 0 aliphatic heterocycles. The van der Waals surface area contributed by atoms with E-state index >= 15 is 0 Å². The summed E-state index contributed by atoms with van der Waals surface area (Å²) < 4.78 is 15.7. The molecule has 0 unspecified atom stereocenters. The molecule has 154 valence electrons. The van der Waals surface area contributed by atoms with Crippen LogP contribution in [0.1, 0.15) is 24.5 Å². The van der Waals surface area contributed by atoms with Crippen LogP contribution in [0.2, 0.25) is 5.02 Å². The predicted octanol–water partition coefficient (Wildman–Crippen LogP) is 6.93. The van der Waals surface area contributed by atoms with Gasteiger partial charge in [-0.05, 0) is 42.7 Å². The number of thioether (sulfide) groups is 1. The molecule has 2 aromatic carbocycles. The van der Waals surface area contributed by atoms with Crippen molar-refractivity contribution in [2.24, 2.45) is 0 Å². The van der Waals surface area contributed by atoms with Crippen molar-refractivity contribution >= 4 is 44.9 Å². The third-order valence-electron chi connectivity index (χ3n) is 4.75. The van der Waals surface area contributed by atoms with Crippen LogP contribution >= 0.6 is 34.7 Å². The van der Waals surface area contributed by atoms with Gasteiger partial charge in [-0.3, -0.25) is 9.36 Å². The van der Waals surface area contributed by atoms with Crippen molar-refractivity contribution in [1.29, 1.82) is 0 Å². The maximum absolute atomic E-state index is 13.3. The highest BCUT2D eigenvalue weighted by molar-refractivity contribution is 7.98. The third kappa shape index (κ3) is 4.31. The van der Waals surface area contributed by atoms with Crippen molar-refractivity contribution in [3.05, 3.63) is 80.9 Å². The maximum atomic E-state index is 13.3. The molecule has 0 aliphatic carbocycles. The lowest BCUT2D eigenvalue weighted by atomic mass is 10.1. The number of benzene rings is 2. The first-order chi connectivity index (χ1) is 14.5. The lowest BCUT2D eigenvalue weighted by Gasteiger charge is -2.11. The highest BCUT2D eigenvalue weighted by Crippen LogP contribution is 2.33. The average Bonchev–Trinajstić information content (AvgIpc) is 3.15. The fourth-order valence-electron chi connectivity index (χ4n) is 3.16. The number of halogens is 2. The van der Waals surface area contributed by atoms with Crippen LogP contribution in [0.4, 0.5) is 4.39 Å². The summed E-state index contributed by atoms with van der Waals surface area (Å²) in [7, 11) is 0. The van der Waals surface area contributed by atoms with Gasteiger partial charge in [-0.1, -0.05) is 66.2 Å². The largest absolute Gasteiger partial charge is 0.286 e. The summed E-state index contributed by atoms with van der Waals surface area (Å²) in [5.41, 5.74) is 3.78. The second-order valence-corrected chi connectivity index (χ2v) is 9.47. The first-order valence-electron chi connectivity index (χ1n) is 9.64. The van der Waals surface area contributed by atoms with Gasteiger partial charge < -0.3 is 0 Å². The number of nitrogens with zero attached hydrogens (tertiary/aromatic N) is 2. The van der Waals surface area contributed by atoms with Crippen LogP contribution in [0.3, 0.4) is 0 Å². The molecule has 7 heteroatoms. The van der Waals surface area contributed by atoms with Gasteiger partial charge in [0.25, 0.3) is 5.56 Å². The van der Waals surface area contributed by atoms with E-state index in [-0.39, 0.29) is 11.4 Å². The molecule has 3 nitrogen and oxygen atoms in total. The second kappa shape index (κ2) is 8.92. The smallest absolute Gasteiger partial charge is 0.272 e. The lowest BCUT2D eigenvalue weighted by molar-refractivity contribution is 0.585. The number of hydrogen-bond acceptors (Lipinski definition) is 4. The topological polar surface area (TPSA) is 34.9 Å². The Morgan fingerprint density at radius 1 is 1.17 bits per heavy atom. The first kappa shape index (κ1) is 21.1. The van der Waals surface area contributed by atoms with Crippen LogP contribution in [0.15, 0.2) is 58.5 Å². The highest BCUT2D eigenvalue weighted by atomic mass is 35.5. The Labute approximate surface area is 187 Å². The zero-order valence-electron chi connectivity index (χ0n) is 16.6. The van der Waals surface area contributed by atoms with Crippen LogP contribution in [-0.4, -0.2) is 9.55 Å². The SMILES string of the molecule is CCCn1c(SCc2ccc(F)cc2Cl)nc2cc(-c3ccc(C)cc3)sc2c1=O. The molecule has 0 aliphatic rings. The van der Waals surface area contributed by atoms with Crippen molar-refractivity contribution in [3.8, 4) is 10.4 Å². The summed E-state index contributed by atoms with van der Waals surface area (Å²) in [6.45, 7) is 4.68. The normalized spacial score (nSPS) is 11.3.